The van der Waals surface area contributed by atoms with Gasteiger partial charge in [-0.1, -0.05) is 0 Å². The molecule has 1 aromatic heterocycles. The summed E-state index contributed by atoms with van der Waals surface area (Å²) in [5.41, 5.74) is -2.03. The fourth-order valence-electron chi connectivity index (χ4n) is 1.10. The predicted molar refractivity (Wildman–Crippen MR) is 61.3 cm³/mol. The van der Waals surface area contributed by atoms with Crippen molar-refractivity contribution in [1.82, 2.24) is 9.97 Å². The van der Waals surface area contributed by atoms with Crippen LogP contribution < -0.4 is 5.32 Å². The fraction of sp³-hybridized carbons (Fsp3) is 0.500. The second-order valence-corrected chi connectivity index (χ2v) is 3.85. The average Bonchev–Trinajstić information content (AvgIpc) is 2.36. The first-order valence-corrected chi connectivity index (χ1v) is 5.13. The molecule has 0 spiro atoms. The first-order chi connectivity index (χ1) is 8.48. The fourth-order valence-corrected chi connectivity index (χ4v) is 1.23. The Kier molecular flexibility index (Phi) is 4.73. The summed E-state index contributed by atoms with van der Waals surface area (Å²) in [5, 5.41) is 40.2. The van der Waals surface area contributed by atoms with E-state index in [1.165, 1.54) is 0 Å². The zero-order chi connectivity index (χ0) is 13.8. The molecule has 1 rings (SSSR count). The van der Waals surface area contributed by atoms with Crippen molar-refractivity contribution >= 4 is 23.1 Å². The van der Waals surface area contributed by atoms with E-state index >= 15 is 0 Å². The third-order valence-electron chi connectivity index (χ3n) is 2.23. The summed E-state index contributed by atoms with van der Waals surface area (Å²) < 4.78 is 0. The molecule has 0 aromatic carbocycles. The van der Waals surface area contributed by atoms with Gasteiger partial charge in [0.2, 0.25) is 11.1 Å². The summed E-state index contributed by atoms with van der Waals surface area (Å²) in [6.45, 7) is -1.96. The molecule has 0 saturated heterocycles. The second-order valence-electron chi connectivity index (χ2n) is 3.51. The van der Waals surface area contributed by atoms with Crippen LogP contribution in [0.25, 0.3) is 0 Å². The van der Waals surface area contributed by atoms with Gasteiger partial charge in [0.1, 0.15) is 11.7 Å². The number of rotatable bonds is 6. The summed E-state index contributed by atoms with van der Waals surface area (Å²) in [7, 11) is 0. The summed E-state index contributed by atoms with van der Waals surface area (Å²) >= 11 is 5.51. The molecule has 0 bridgehead atoms. The highest BCUT2D eigenvalue weighted by molar-refractivity contribution is 6.28. The van der Waals surface area contributed by atoms with Crippen molar-refractivity contribution < 1.29 is 20.2 Å². The summed E-state index contributed by atoms with van der Waals surface area (Å²) in [6.07, 6.45) is 0.883. The van der Waals surface area contributed by atoms with Gasteiger partial charge >= 0.3 is 5.69 Å². The quantitative estimate of drug-likeness (QED) is 0.300. The molecule has 18 heavy (non-hydrogen) atoms. The van der Waals surface area contributed by atoms with Crippen LogP contribution in [0.5, 0.6) is 0 Å². The number of hydrogen-bond donors (Lipinski definition) is 4. The minimum Gasteiger partial charge on any atom is -0.394 e. The lowest BCUT2D eigenvalue weighted by Crippen LogP contribution is -2.49. The Morgan fingerprint density at radius 2 is 1.94 bits per heavy atom. The highest BCUT2D eigenvalue weighted by Gasteiger charge is 2.31. The minimum absolute atomic E-state index is 0.245. The molecule has 1 heterocycles. The van der Waals surface area contributed by atoms with E-state index in [0.29, 0.717) is 0 Å². The SMILES string of the molecule is O=[N+]([O-])c1cnc(Cl)nc1NC(CO)(CO)CO. The molecule has 0 aliphatic rings. The standard InChI is InChI=1S/C8H11ClN4O5/c9-7-10-1-5(13(17)18)6(11-7)12-8(2-14,3-15)4-16/h1,14-16H,2-4H2,(H,10,11,12). The maximum Gasteiger partial charge on any atom is 0.329 e. The molecule has 100 valence electrons. The van der Waals surface area contributed by atoms with Gasteiger partial charge in [-0.2, -0.15) is 4.98 Å². The van der Waals surface area contributed by atoms with Gasteiger partial charge in [0.05, 0.1) is 24.7 Å². The van der Waals surface area contributed by atoms with Crippen LogP contribution in [0.2, 0.25) is 5.28 Å². The van der Waals surface area contributed by atoms with E-state index in [2.05, 4.69) is 15.3 Å². The monoisotopic (exact) mass is 278 g/mol. The molecule has 0 radical (unpaired) electrons. The second kappa shape index (κ2) is 5.87. The highest BCUT2D eigenvalue weighted by Crippen LogP contribution is 2.25. The molecular formula is C8H11ClN4O5. The van der Waals surface area contributed by atoms with E-state index in [-0.39, 0.29) is 11.1 Å². The average molecular weight is 279 g/mol. The molecule has 0 aliphatic heterocycles. The van der Waals surface area contributed by atoms with Crippen molar-refractivity contribution in [2.45, 2.75) is 5.54 Å². The Morgan fingerprint density at radius 3 is 2.39 bits per heavy atom. The number of halogens is 1. The van der Waals surface area contributed by atoms with Crippen molar-refractivity contribution in [2.75, 3.05) is 25.1 Å². The van der Waals surface area contributed by atoms with Gasteiger partial charge in [-0.25, -0.2) is 4.98 Å². The van der Waals surface area contributed by atoms with Crippen molar-refractivity contribution in [1.29, 1.82) is 0 Å². The molecular weight excluding hydrogens is 268 g/mol. The Morgan fingerprint density at radius 1 is 1.39 bits per heavy atom. The third-order valence-corrected chi connectivity index (χ3v) is 2.41. The lowest BCUT2D eigenvalue weighted by atomic mass is 10.0. The molecule has 4 N–H and O–H groups in total. The van der Waals surface area contributed by atoms with Gasteiger partial charge in [0, 0.05) is 0 Å². The number of anilines is 1. The Hall–Kier alpha value is -1.55. The number of nitrogens with one attached hydrogen (secondary N) is 1. The smallest absolute Gasteiger partial charge is 0.329 e. The van der Waals surface area contributed by atoms with E-state index in [0.717, 1.165) is 6.20 Å². The van der Waals surface area contributed by atoms with Crippen LogP contribution in [0.4, 0.5) is 11.5 Å². The van der Waals surface area contributed by atoms with Crippen LogP contribution >= 0.6 is 11.6 Å². The topological polar surface area (TPSA) is 142 Å². The lowest BCUT2D eigenvalue weighted by molar-refractivity contribution is -0.384. The largest absolute Gasteiger partial charge is 0.394 e. The number of aromatic nitrogens is 2. The first kappa shape index (κ1) is 14.5. The van der Waals surface area contributed by atoms with Gasteiger partial charge in [0.15, 0.2) is 0 Å². The Bertz CT molecular complexity index is 431. The molecule has 0 aliphatic carbocycles. The van der Waals surface area contributed by atoms with E-state index < -0.39 is 36.0 Å². The molecule has 10 heteroatoms. The van der Waals surface area contributed by atoms with Crippen LogP contribution in [0.3, 0.4) is 0 Å². The zero-order valence-electron chi connectivity index (χ0n) is 9.08. The number of aliphatic hydroxyl groups is 3. The van der Waals surface area contributed by atoms with E-state index in [1.54, 1.807) is 0 Å². The normalized spacial score (nSPS) is 11.3. The van der Waals surface area contributed by atoms with Gasteiger partial charge in [-0.05, 0) is 11.6 Å². The zero-order valence-corrected chi connectivity index (χ0v) is 9.83. The summed E-state index contributed by atoms with van der Waals surface area (Å²) in [6, 6.07) is 0. The van der Waals surface area contributed by atoms with Crippen LogP contribution in [0.15, 0.2) is 6.20 Å². The number of hydrogen-bond acceptors (Lipinski definition) is 8. The number of aliphatic hydroxyl groups excluding tert-OH is 3. The highest BCUT2D eigenvalue weighted by atomic mass is 35.5. The van der Waals surface area contributed by atoms with E-state index in [1.807, 2.05) is 0 Å². The van der Waals surface area contributed by atoms with Crippen LogP contribution in [0, 0.1) is 10.1 Å². The van der Waals surface area contributed by atoms with Crippen molar-refractivity contribution in [3.8, 4) is 0 Å². The third kappa shape index (κ3) is 3.01. The molecule has 0 fully saturated rings. The van der Waals surface area contributed by atoms with E-state index in [4.69, 9.17) is 26.9 Å². The van der Waals surface area contributed by atoms with Crippen LogP contribution in [0.1, 0.15) is 0 Å². The molecule has 0 saturated carbocycles. The van der Waals surface area contributed by atoms with Crippen LogP contribution in [-0.4, -0.2) is 55.6 Å². The Labute approximate surface area is 106 Å². The van der Waals surface area contributed by atoms with Crippen LogP contribution in [-0.2, 0) is 0 Å². The van der Waals surface area contributed by atoms with Crippen molar-refractivity contribution in [3.63, 3.8) is 0 Å². The minimum atomic E-state index is -1.54. The molecule has 0 amide bonds. The maximum absolute atomic E-state index is 10.7. The molecule has 0 atom stereocenters. The van der Waals surface area contributed by atoms with Gasteiger partial charge in [-0.15, -0.1) is 0 Å². The summed E-state index contributed by atoms with van der Waals surface area (Å²) in [5.74, 6) is -0.294. The van der Waals surface area contributed by atoms with Crippen molar-refractivity contribution in [3.05, 3.63) is 21.6 Å². The molecule has 0 unspecified atom stereocenters. The lowest BCUT2D eigenvalue weighted by Gasteiger charge is -2.28. The number of nitrogens with zero attached hydrogens (tertiary/aromatic N) is 3. The number of nitro groups is 1. The molecule has 9 nitrogen and oxygen atoms in total. The first-order valence-electron chi connectivity index (χ1n) is 4.75. The van der Waals surface area contributed by atoms with Crippen molar-refractivity contribution in [2.24, 2.45) is 0 Å². The Balaban J connectivity index is 3.16. The van der Waals surface area contributed by atoms with Gasteiger partial charge in [0.25, 0.3) is 0 Å². The summed E-state index contributed by atoms with van der Waals surface area (Å²) in [4.78, 5) is 17.0. The predicted octanol–water partition coefficient (Wildman–Crippen LogP) is -0.834. The molecule has 1 aromatic rings. The van der Waals surface area contributed by atoms with Gasteiger partial charge in [-0.3, -0.25) is 10.1 Å². The van der Waals surface area contributed by atoms with E-state index in [9.17, 15) is 10.1 Å². The van der Waals surface area contributed by atoms with Gasteiger partial charge < -0.3 is 20.6 Å². The maximum atomic E-state index is 10.7.